The molecule has 0 radical (unpaired) electrons. The van der Waals surface area contributed by atoms with Crippen molar-refractivity contribution in [3.8, 4) is 5.75 Å². The van der Waals surface area contributed by atoms with Crippen LogP contribution in [-0.2, 0) is 16.8 Å². The third-order valence-electron chi connectivity index (χ3n) is 7.94. The number of rotatable bonds is 7. The Kier molecular flexibility index (Phi) is 7.66. The number of nitrogens with zero attached hydrogens (tertiary/aromatic N) is 4. The van der Waals surface area contributed by atoms with Gasteiger partial charge in [-0.1, -0.05) is 91.0 Å². The Labute approximate surface area is 251 Å². The molecule has 43 heavy (non-hydrogen) atoms. The smallest absolute Gasteiger partial charge is 0.321 e. The van der Waals surface area contributed by atoms with E-state index in [4.69, 9.17) is 9.72 Å². The lowest BCUT2D eigenvalue weighted by atomic mass is 9.77. The summed E-state index contributed by atoms with van der Waals surface area (Å²) in [5, 5.41) is 2.62. The number of anilines is 2. The van der Waals surface area contributed by atoms with E-state index < -0.39 is 5.54 Å². The molecule has 0 bridgehead atoms. The van der Waals surface area contributed by atoms with Gasteiger partial charge in [0, 0.05) is 26.0 Å². The number of fused-ring (bicyclic) bond motifs is 1. The molecule has 1 aliphatic heterocycles. The van der Waals surface area contributed by atoms with Crippen LogP contribution in [0.3, 0.4) is 0 Å². The molecular formula is C35H33N5O3. The number of carbonyl (C=O) groups excluding carboxylic acids is 2. The van der Waals surface area contributed by atoms with E-state index in [1.54, 1.807) is 31.1 Å². The summed E-state index contributed by atoms with van der Waals surface area (Å²) in [6.07, 6.45) is 3.90. The Bertz CT molecular complexity index is 1620. The molecule has 8 nitrogen and oxygen atoms in total. The van der Waals surface area contributed by atoms with E-state index in [9.17, 15) is 9.59 Å². The van der Waals surface area contributed by atoms with Gasteiger partial charge in [-0.3, -0.25) is 9.69 Å². The molecule has 0 unspecified atom stereocenters. The van der Waals surface area contributed by atoms with Crippen LogP contribution in [0.25, 0.3) is 0 Å². The fourth-order valence-electron chi connectivity index (χ4n) is 5.83. The third-order valence-corrected chi connectivity index (χ3v) is 7.94. The number of benzene rings is 4. The summed E-state index contributed by atoms with van der Waals surface area (Å²) in [5.41, 5.74) is 4.49. The molecular weight excluding hydrogens is 538 g/mol. The summed E-state index contributed by atoms with van der Waals surface area (Å²) in [7, 11) is 3.26. The number of urea groups is 1. The first-order chi connectivity index (χ1) is 21.0. The average molecular weight is 572 g/mol. The van der Waals surface area contributed by atoms with Gasteiger partial charge in [0.05, 0.1) is 30.7 Å². The molecule has 3 amide bonds. The molecule has 0 spiro atoms. The molecule has 4 aromatic carbocycles. The molecule has 216 valence electrons. The lowest BCUT2D eigenvalue weighted by Gasteiger charge is -2.37. The summed E-state index contributed by atoms with van der Waals surface area (Å²) in [6, 6.07) is 36.2. The first-order valence-electron chi connectivity index (χ1n) is 14.2. The van der Waals surface area contributed by atoms with Crippen LogP contribution >= 0.6 is 0 Å². The van der Waals surface area contributed by atoms with Crippen molar-refractivity contribution >= 4 is 23.3 Å². The monoisotopic (exact) mass is 571 g/mol. The van der Waals surface area contributed by atoms with E-state index in [2.05, 4.69) is 46.3 Å². The highest BCUT2D eigenvalue weighted by Gasteiger charge is 2.38. The van der Waals surface area contributed by atoms with E-state index >= 15 is 0 Å². The maximum absolute atomic E-state index is 13.8. The van der Waals surface area contributed by atoms with Crippen molar-refractivity contribution in [2.45, 2.75) is 12.0 Å². The molecule has 0 atom stereocenters. The molecule has 1 aliphatic rings. The number of imidazole rings is 1. The second-order valence-electron chi connectivity index (χ2n) is 10.4. The van der Waals surface area contributed by atoms with Crippen molar-refractivity contribution in [1.82, 2.24) is 14.9 Å². The predicted octanol–water partition coefficient (Wildman–Crippen LogP) is 5.47. The van der Waals surface area contributed by atoms with Crippen LogP contribution in [0.5, 0.6) is 5.75 Å². The normalized spacial score (nSPS) is 12.7. The van der Waals surface area contributed by atoms with Crippen molar-refractivity contribution in [1.29, 1.82) is 0 Å². The lowest BCUT2D eigenvalue weighted by molar-refractivity contribution is -0.118. The lowest BCUT2D eigenvalue weighted by Crippen LogP contribution is -2.39. The van der Waals surface area contributed by atoms with Crippen LogP contribution in [0.15, 0.2) is 122 Å². The second-order valence-corrected chi connectivity index (χ2v) is 10.4. The summed E-state index contributed by atoms with van der Waals surface area (Å²) >= 11 is 0. The maximum Gasteiger partial charge on any atom is 0.321 e. The molecule has 1 aromatic heterocycles. The predicted molar refractivity (Wildman–Crippen MR) is 168 cm³/mol. The Balaban J connectivity index is 1.38. The number of aromatic nitrogens is 2. The summed E-state index contributed by atoms with van der Waals surface area (Å²) in [6.45, 7) is 0.790. The zero-order valence-electron chi connectivity index (χ0n) is 24.2. The Morgan fingerprint density at radius 2 is 1.47 bits per heavy atom. The molecule has 2 heterocycles. The van der Waals surface area contributed by atoms with E-state index in [0.717, 1.165) is 16.7 Å². The number of hydrogen-bond donors (Lipinski definition) is 1. The summed E-state index contributed by atoms with van der Waals surface area (Å²) in [5.74, 6) is 0.509. The van der Waals surface area contributed by atoms with Gasteiger partial charge in [-0.2, -0.15) is 0 Å². The molecule has 6 rings (SSSR count). The van der Waals surface area contributed by atoms with Crippen LogP contribution < -0.4 is 19.9 Å². The van der Waals surface area contributed by atoms with Gasteiger partial charge in [-0.05, 0) is 34.9 Å². The molecule has 1 N–H and O–H groups in total. The van der Waals surface area contributed by atoms with E-state index in [1.807, 2.05) is 73.2 Å². The highest BCUT2D eigenvalue weighted by atomic mass is 16.5. The highest BCUT2D eigenvalue weighted by Crippen LogP contribution is 2.41. The molecule has 0 fully saturated rings. The minimum Gasteiger partial charge on any atom is -0.490 e. The van der Waals surface area contributed by atoms with Crippen molar-refractivity contribution in [2.75, 3.05) is 37.0 Å². The molecule has 5 aromatic rings. The first-order valence-corrected chi connectivity index (χ1v) is 14.2. The second kappa shape index (κ2) is 11.9. The van der Waals surface area contributed by atoms with Gasteiger partial charge in [0.15, 0.2) is 0 Å². The molecule has 8 heteroatoms. The SMILES string of the molecule is CNC(=O)N(C)c1ccc2c(c1)N(C(=O)Cc1cn(C(c3ccccc3)(c3ccccc3)c3ccccc3)cn1)CCO2. The van der Waals surface area contributed by atoms with Crippen LogP contribution in [0.1, 0.15) is 22.4 Å². The van der Waals surface area contributed by atoms with E-state index in [0.29, 0.717) is 36.0 Å². The molecule has 0 aliphatic carbocycles. The minimum atomic E-state index is -0.705. The summed E-state index contributed by atoms with van der Waals surface area (Å²) < 4.78 is 7.95. The fourth-order valence-corrected chi connectivity index (χ4v) is 5.83. The molecule has 0 saturated heterocycles. The van der Waals surface area contributed by atoms with Crippen molar-refractivity contribution in [3.63, 3.8) is 0 Å². The number of amides is 3. The van der Waals surface area contributed by atoms with Gasteiger partial charge >= 0.3 is 6.03 Å². The summed E-state index contributed by atoms with van der Waals surface area (Å²) in [4.78, 5) is 34.0. The van der Waals surface area contributed by atoms with Crippen LogP contribution in [0.2, 0.25) is 0 Å². The van der Waals surface area contributed by atoms with Crippen molar-refractivity contribution < 1.29 is 14.3 Å². The standard InChI is InChI=1S/C35H33N5O3/c1-36-34(42)38(2)30-18-19-32-31(23-30)40(20-21-43-32)33(41)22-29-24-39(25-37-29)35(26-12-6-3-7-13-26,27-14-8-4-9-15-27)28-16-10-5-11-17-28/h3-19,23-25H,20-22H2,1-2H3,(H,36,42). The maximum atomic E-state index is 13.8. The zero-order valence-corrected chi connectivity index (χ0v) is 24.2. The van der Waals surface area contributed by atoms with Gasteiger partial charge in [-0.25, -0.2) is 9.78 Å². The highest BCUT2D eigenvalue weighted by molar-refractivity contribution is 5.98. The van der Waals surface area contributed by atoms with Crippen LogP contribution in [-0.4, -0.2) is 48.7 Å². The van der Waals surface area contributed by atoms with E-state index in [1.165, 1.54) is 4.90 Å². The Hall–Kier alpha value is -5.37. The number of ether oxygens (including phenoxy) is 1. The third kappa shape index (κ3) is 5.12. The quantitative estimate of drug-likeness (QED) is 0.263. The van der Waals surface area contributed by atoms with Gasteiger partial charge in [0.2, 0.25) is 5.91 Å². The van der Waals surface area contributed by atoms with Crippen molar-refractivity contribution in [2.24, 2.45) is 0 Å². The first kappa shape index (κ1) is 27.8. The molecule has 0 saturated carbocycles. The Morgan fingerprint density at radius 1 is 0.884 bits per heavy atom. The number of carbonyl (C=O) groups is 2. The fraction of sp³-hybridized carbons (Fsp3) is 0.171. The number of nitrogens with one attached hydrogen (secondary N) is 1. The minimum absolute atomic E-state index is 0.0979. The average Bonchev–Trinajstić information content (AvgIpc) is 3.53. The zero-order chi connectivity index (χ0) is 29.8. The topological polar surface area (TPSA) is 79.7 Å². The Morgan fingerprint density at radius 3 is 2.02 bits per heavy atom. The van der Waals surface area contributed by atoms with Gasteiger partial charge in [0.1, 0.15) is 17.9 Å². The van der Waals surface area contributed by atoms with Crippen LogP contribution in [0, 0.1) is 0 Å². The van der Waals surface area contributed by atoms with Crippen LogP contribution in [0.4, 0.5) is 16.2 Å². The largest absolute Gasteiger partial charge is 0.490 e. The van der Waals surface area contributed by atoms with E-state index in [-0.39, 0.29) is 18.4 Å². The van der Waals surface area contributed by atoms with Gasteiger partial charge < -0.3 is 19.5 Å². The number of hydrogen-bond acceptors (Lipinski definition) is 4. The van der Waals surface area contributed by atoms with Crippen molar-refractivity contribution in [3.05, 3.63) is 144 Å². The van der Waals surface area contributed by atoms with Gasteiger partial charge in [0.25, 0.3) is 0 Å². The van der Waals surface area contributed by atoms with Gasteiger partial charge in [-0.15, -0.1) is 0 Å².